The Morgan fingerprint density at radius 2 is 1.63 bits per heavy atom. The molecular formula is C29H47N3O6. The third kappa shape index (κ3) is 10.7. The van der Waals surface area contributed by atoms with E-state index < -0.39 is 35.7 Å². The van der Waals surface area contributed by atoms with Crippen molar-refractivity contribution in [3.63, 3.8) is 0 Å². The number of rotatable bonds is 12. The van der Waals surface area contributed by atoms with Gasteiger partial charge in [-0.2, -0.15) is 0 Å². The van der Waals surface area contributed by atoms with E-state index in [1.54, 1.807) is 27.7 Å². The molecule has 3 amide bonds. The second-order valence-corrected chi connectivity index (χ2v) is 11.3. The van der Waals surface area contributed by atoms with Gasteiger partial charge in [0.05, 0.1) is 13.0 Å². The lowest BCUT2D eigenvalue weighted by Gasteiger charge is -2.37. The van der Waals surface area contributed by atoms with Crippen LogP contribution in [-0.2, 0) is 23.9 Å². The average molecular weight is 534 g/mol. The van der Waals surface area contributed by atoms with E-state index in [-0.39, 0.29) is 37.4 Å². The summed E-state index contributed by atoms with van der Waals surface area (Å²) in [5.74, 6) is -1.12. The number of carbonyl (C=O) groups is 4. The summed E-state index contributed by atoms with van der Waals surface area (Å²) < 4.78 is 10.4. The molecule has 0 heterocycles. The van der Waals surface area contributed by atoms with Crippen molar-refractivity contribution in [1.29, 1.82) is 0 Å². The molecule has 214 valence electrons. The van der Waals surface area contributed by atoms with Crippen molar-refractivity contribution < 1.29 is 28.7 Å². The number of alkyl carbamates (subject to hydrolysis) is 1. The molecule has 0 spiro atoms. The van der Waals surface area contributed by atoms with Gasteiger partial charge < -0.3 is 25.0 Å². The third-order valence-electron chi connectivity index (χ3n) is 5.81. The molecule has 2 N–H and O–H groups in total. The third-order valence-corrected chi connectivity index (χ3v) is 5.81. The Hall–Kier alpha value is -3.10. The number of nitrogens with zero attached hydrogens (tertiary/aromatic N) is 1. The lowest BCUT2D eigenvalue weighted by Crippen LogP contribution is -2.55. The first kappa shape index (κ1) is 32.9. The average Bonchev–Trinajstić information content (AvgIpc) is 2.76. The molecule has 0 aliphatic rings. The number of hydrogen-bond acceptors (Lipinski definition) is 6. The minimum atomic E-state index is -0.973. The van der Waals surface area contributed by atoms with Crippen LogP contribution in [0.3, 0.4) is 0 Å². The van der Waals surface area contributed by atoms with Crippen molar-refractivity contribution in [1.82, 2.24) is 15.5 Å². The van der Waals surface area contributed by atoms with Crippen LogP contribution in [0.15, 0.2) is 18.2 Å². The zero-order valence-electron chi connectivity index (χ0n) is 24.8. The van der Waals surface area contributed by atoms with Crippen molar-refractivity contribution in [3.05, 3.63) is 34.9 Å². The minimum Gasteiger partial charge on any atom is -0.466 e. The number of amides is 3. The van der Waals surface area contributed by atoms with Gasteiger partial charge in [-0.25, -0.2) is 4.79 Å². The quantitative estimate of drug-likeness (QED) is 0.380. The van der Waals surface area contributed by atoms with Crippen LogP contribution in [0.2, 0.25) is 0 Å². The minimum absolute atomic E-state index is 0.0189. The Balaban J connectivity index is 3.43. The summed E-state index contributed by atoms with van der Waals surface area (Å²) in [6.45, 7) is 18.8. The van der Waals surface area contributed by atoms with Crippen LogP contribution < -0.4 is 10.6 Å². The van der Waals surface area contributed by atoms with E-state index >= 15 is 0 Å². The molecule has 9 nitrogen and oxygen atoms in total. The van der Waals surface area contributed by atoms with Crippen molar-refractivity contribution in [3.8, 4) is 0 Å². The predicted octanol–water partition coefficient (Wildman–Crippen LogP) is 4.59. The standard InChI is InChI=1S/C29H47N3O6/c1-11-37-24(33)14-15-30-26(34)25(22-13-12-20(6)21(7)17-22)32(19(4)5)27(35)23(16-18(2)3)31-28(36)38-29(8,9)10/h12-13,17-19,23,25H,11,14-16H2,1-10H3,(H,30,34)(H,31,36). The van der Waals surface area contributed by atoms with Gasteiger partial charge in [0.15, 0.2) is 0 Å². The highest BCUT2D eigenvalue weighted by atomic mass is 16.6. The normalized spacial score (nSPS) is 13.1. The molecule has 1 aromatic carbocycles. The molecule has 0 aliphatic carbocycles. The first-order valence-corrected chi connectivity index (χ1v) is 13.4. The number of nitrogens with one attached hydrogen (secondary N) is 2. The fourth-order valence-electron chi connectivity index (χ4n) is 3.99. The zero-order valence-corrected chi connectivity index (χ0v) is 24.8. The maximum absolute atomic E-state index is 14.1. The Bertz CT molecular complexity index is 968. The summed E-state index contributed by atoms with van der Waals surface area (Å²) in [4.78, 5) is 53.6. The van der Waals surface area contributed by atoms with Crippen molar-refractivity contribution >= 4 is 23.9 Å². The molecule has 38 heavy (non-hydrogen) atoms. The first-order chi connectivity index (χ1) is 17.6. The molecule has 0 aliphatic heterocycles. The summed E-state index contributed by atoms with van der Waals surface area (Å²) in [5, 5.41) is 5.53. The van der Waals surface area contributed by atoms with Gasteiger partial charge in [-0.3, -0.25) is 14.4 Å². The van der Waals surface area contributed by atoms with Crippen molar-refractivity contribution in [2.45, 2.75) is 106 Å². The van der Waals surface area contributed by atoms with Crippen molar-refractivity contribution in [2.75, 3.05) is 13.2 Å². The van der Waals surface area contributed by atoms with Crippen LogP contribution in [0, 0.1) is 19.8 Å². The van der Waals surface area contributed by atoms with Gasteiger partial charge in [0.2, 0.25) is 11.8 Å². The van der Waals surface area contributed by atoms with Crippen LogP contribution in [0.5, 0.6) is 0 Å². The van der Waals surface area contributed by atoms with E-state index in [2.05, 4.69) is 10.6 Å². The molecular weight excluding hydrogens is 486 g/mol. The van der Waals surface area contributed by atoms with Crippen LogP contribution >= 0.6 is 0 Å². The largest absolute Gasteiger partial charge is 0.466 e. The van der Waals surface area contributed by atoms with Crippen LogP contribution in [-0.4, -0.2) is 59.6 Å². The van der Waals surface area contributed by atoms with Gasteiger partial charge in [-0.1, -0.05) is 32.0 Å². The number of esters is 1. The maximum atomic E-state index is 14.1. The van der Waals surface area contributed by atoms with Crippen LogP contribution in [0.4, 0.5) is 4.79 Å². The number of hydrogen-bond donors (Lipinski definition) is 2. The van der Waals surface area contributed by atoms with Gasteiger partial charge in [-0.15, -0.1) is 0 Å². The zero-order chi connectivity index (χ0) is 29.2. The number of ether oxygens (including phenoxy) is 2. The Morgan fingerprint density at radius 3 is 2.13 bits per heavy atom. The number of aryl methyl sites for hydroxylation is 2. The van der Waals surface area contributed by atoms with E-state index in [1.807, 2.05) is 59.7 Å². The molecule has 0 saturated carbocycles. The summed E-state index contributed by atoms with van der Waals surface area (Å²) in [6, 6.07) is 3.40. The summed E-state index contributed by atoms with van der Waals surface area (Å²) in [6.07, 6.45) is -0.307. The smallest absolute Gasteiger partial charge is 0.408 e. The summed E-state index contributed by atoms with van der Waals surface area (Å²) >= 11 is 0. The van der Waals surface area contributed by atoms with Gasteiger partial charge in [0, 0.05) is 12.6 Å². The number of carbonyl (C=O) groups excluding carboxylic acids is 4. The monoisotopic (exact) mass is 533 g/mol. The second-order valence-electron chi connectivity index (χ2n) is 11.3. The second kappa shape index (κ2) is 14.7. The van der Waals surface area contributed by atoms with E-state index in [0.29, 0.717) is 12.0 Å². The highest BCUT2D eigenvalue weighted by molar-refractivity contribution is 5.92. The molecule has 0 saturated heterocycles. The SMILES string of the molecule is CCOC(=O)CCNC(=O)C(c1ccc(C)c(C)c1)N(C(=O)C(CC(C)C)NC(=O)OC(C)(C)C)C(C)C. The van der Waals surface area contributed by atoms with E-state index in [0.717, 1.165) is 11.1 Å². The fourth-order valence-corrected chi connectivity index (χ4v) is 3.99. The molecule has 1 aromatic rings. The predicted molar refractivity (Wildman–Crippen MR) is 148 cm³/mol. The first-order valence-electron chi connectivity index (χ1n) is 13.4. The Labute approximate surface area is 228 Å². The highest BCUT2D eigenvalue weighted by Gasteiger charge is 2.38. The summed E-state index contributed by atoms with van der Waals surface area (Å²) in [7, 11) is 0. The highest BCUT2D eigenvalue weighted by Crippen LogP contribution is 2.27. The van der Waals surface area contributed by atoms with Crippen LogP contribution in [0.25, 0.3) is 0 Å². The van der Waals surface area contributed by atoms with E-state index in [1.165, 1.54) is 4.90 Å². The molecule has 0 bridgehead atoms. The molecule has 1 rings (SSSR count). The maximum Gasteiger partial charge on any atom is 0.408 e. The molecule has 0 fully saturated rings. The molecule has 0 radical (unpaired) electrons. The van der Waals surface area contributed by atoms with Gasteiger partial charge in [-0.05, 0) is 84.4 Å². The Morgan fingerprint density at radius 1 is 1.00 bits per heavy atom. The lowest BCUT2D eigenvalue weighted by molar-refractivity contribution is -0.145. The van der Waals surface area contributed by atoms with E-state index in [4.69, 9.17) is 9.47 Å². The van der Waals surface area contributed by atoms with Gasteiger partial charge >= 0.3 is 12.1 Å². The van der Waals surface area contributed by atoms with E-state index in [9.17, 15) is 19.2 Å². The van der Waals surface area contributed by atoms with Crippen LogP contribution in [0.1, 0.15) is 91.0 Å². The fraction of sp³-hybridized carbons (Fsp3) is 0.655. The molecule has 0 aromatic heterocycles. The van der Waals surface area contributed by atoms with Crippen molar-refractivity contribution in [2.24, 2.45) is 5.92 Å². The lowest BCUT2D eigenvalue weighted by atomic mass is 9.96. The van der Waals surface area contributed by atoms with Gasteiger partial charge in [0.25, 0.3) is 0 Å². The summed E-state index contributed by atoms with van der Waals surface area (Å²) in [5.41, 5.74) is 1.95. The Kier molecular flexibility index (Phi) is 12.8. The molecule has 9 heteroatoms. The number of benzene rings is 1. The van der Waals surface area contributed by atoms with Gasteiger partial charge in [0.1, 0.15) is 17.7 Å². The molecule has 2 unspecified atom stereocenters. The topological polar surface area (TPSA) is 114 Å². The molecule has 2 atom stereocenters.